The molecule has 18 heavy (non-hydrogen) atoms. The number of rotatable bonds is 3. The maximum absolute atomic E-state index is 11.7. The fourth-order valence-electron chi connectivity index (χ4n) is 2.23. The van der Waals surface area contributed by atoms with E-state index in [-0.39, 0.29) is 18.0 Å². The Morgan fingerprint density at radius 1 is 1.39 bits per heavy atom. The molecule has 5 nitrogen and oxygen atoms in total. The van der Waals surface area contributed by atoms with Crippen LogP contribution in [0.25, 0.3) is 0 Å². The zero-order valence-electron chi connectivity index (χ0n) is 10.3. The smallest absolute Gasteiger partial charge is 0.341 e. The van der Waals surface area contributed by atoms with Crippen LogP contribution in [0.3, 0.4) is 0 Å². The van der Waals surface area contributed by atoms with Crippen LogP contribution in [0.15, 0.2) is 23.0 Å². The van der Waals surface area contributed by atoms with Gasteiger partial charge in [0.2, 0.25) is 0 Å². The van der Waals surface area contributed by atoms with Crippen molar-refractivity contribution in [1.29, 1.82) is 0 Å². The van der Waals surface area contributed by atoms with Gasteiger partial charge in [-0.25, -0.2) is 4.79 Å². The van der Waals surface area contributed by atoms with E-state index < -0.39 is 5.97 Å². The second kappa shape index (κ2) is 5.71. The van der Waals surface area contributed by atoms with E-state index in [1.165, 1.54) is 19.6 Å². The molecular weight excluding hydrogens is 236 g/mol. The number of hydrogen-bond donors (Lipinski definition) is 0. The van der Waals surface area contributed by atoms with E-state index in [1.807, 2.05) is 0 Å². The minimum absolute atomic E-state index is 0.161. The van der Waals surface area contributed by atoms with Gasteiger partial charge in [-0.1, -0.05) is 0 Å². The van der Waals surface area contributed by atoms with Crippen molar-refractivity contribution in [2.45, 2.75) is 31.8 Å². The first-order valence-electron chi connectivity index (χ1n) is 6.01. The molecule has 98 valence electrons. The van der Waals surface area contributed by atoms with Crippen LogP contribution in [-0.2, 0) is 14.3 Å². The lowest BCUT2D eigenvalue weighted by Gasteiger charge is -2.27. The Morgan fingerprint density at radius 2 is 2.22 bits per heavy atom. The maximum atomic E-state index is 11.7. The fraction of sp³-hybridized carbons (Fsp3) is 0.538. The highest BCUT2D eigenvalue weighted by Crippen LogP contribution is 2.27. The van der Waals surface area contributed by atoms with Gasteiger partial charge in [0, 0.05) is 0 Å². The third-order valence-corrected chi connectivity index (χ3v) is 3.19. The summed E-state index contributed by atoms with van der Waals surface area (Å²) in [6.07, 6.45) is 5.55. The quantitative estimate of drug-likeness (QED) is 0.771. The highest BCUT2D eigenvalue weighted by atomic mass is 16.5. The van der Waals surface area contributed by atoms with Crippen molar-refractivity contribution in [1.82, 2.24) is 0 Å². The lowest BCUT2D eigenvalue weighted by Crippen LogP contribution is -2.30. The zero-order valence-corrected chi connectivity index (χ0v) is 10.3. The molecule has 1 aromatic heterocycles. The number of ether oxygens (including phenoxy) is 2. The van der Waals surface area contributed by atoms with Crippen molar-refractivity contribution < 1.29 is 23.5 Å². The third-order valence-electron chi connectivity index (χ3n) is 3.19. The predicted molar refractivity (Wildman–Crippen MR) is 61.9 cm³/mol. The Kier molecular flexibility index (Phi) is 4.02. The Bertz CT molecular complexity index is 409. The predicted octanol–water partition coefficient (Wildman–Crippen LogP) is 2.17. The van der Waals surface area contributed by atoms with Crippen LogP contribution in [0, 0.1) is 5.92 Å². The van der Waals surface area contributed by atoms with Crippen molar-refractivity contribution in [2.75, 3.05) is 7.11 Å². The maximum Gasteiger partial charge on any atom is 0.341 e. The van der Waals surface area contributed by atoms with Crippen molar-refractivity contribution in [3.8, 4) is 0 Å². The summed E-state index contributed by atoms with van der Waals surface area (Å²) < 4.78 is 14.9. The monoisotopic (exact) mass is 252 g/mol. The van der Waals surface area contributed by atoms with Crippen LogP contribution in [0.1, 0.15) is 36.0 Å². The topological polar surface area (TPSA) is 65.7 Å². The van der Waals surface area contributed by atoms with Gasteiger partial charge in [-0.3, -0.25) is 4.79 Å². The van der Waals surface area contributed by atoms with Crippen LogP contribution in [0.2, 0.25) is 0 Å². The molecule has 0 N–H and O–H groups in total. The number of carbonyl (C=O) groups excluding carboxylic acids is 2. The van der Waals surface area contributed by atoms with Gasteiger partial charge in [-0.2, -0.15) is 0 Å². The number of esters is 2. The fourth-order valence-corrected chi connectivity index (χ4v) is 2.23. The molecule has 0 radical (unpaired) electrons. The van der Waals surface area contributed by atoms with Crippen molar-refractivity contribution in [2.24, 2.45) is 5.92 Å². The molecule has 1 aliphatic carbocycles. The molecule has 1 heterocycles. The van der Waals surface area contributed by atoms with E-state index in [0.29, 0.717) is 12.0 Å². The minimum Gasteiger partial charge on any atom is -0.472 e. The van der Waals surface area contributed by atoms with E-state index in [4.69, 9.17) is 13.9 Å². The van der Waals surface area contributed by atoms with E-state index >= 15 is 0 Å². The molecule has 0 bridgehead atoms. The summed E-state index contributed by atoms with van der Waals surface area (Å²) in [7, 11) is 1.38. The van der Waals surface area contributed by atoms with E-state index in [1.54, 1.807) is 6.07 Å². The number of hydrogen-bond acceptors (Lipinski definition) is 5. The summed E-state index contributed by atoms with van der Waals surface area (Å²) in [5.74, 6) is -0.788. The van der Waals surface area contributed by atoms with E-state index in [2.05, 4.69) is 0 Å². The van der Waals surface area contributed by atoms with Crippen LogP contribution in [0.4, 0.5) is 0 Å². The van der Waals surface area contributed by atoms with Gasteiger partial charge in [0.15, 0.2) is 0 Å². The Morgan fingerprint density at radius 3 is 2.89 bits per heavy atom. The summed E-state index contributed by atoms with van der Waals surface area (Å²) in [5.41, 5.74) is 0.398. The minimum atomic E-state index is -0.403. The first-order chi connectivity index (χ1) is 8.70. The molecule has 1 aliphatic rings. The molecule has 0 unspecified atom stereocenters. The molecular formula is C13H16O5. The number of furan rings is 1. The largest absolute Gasteiger partial charge is 0.472 e. The van der Waals surface area contributed by atoms with Gasteiger partial charge in [-0.05, 0) is 31.7 Å². The van der Waals surface area contributed by atoms with Crippen LogP contribution in [0.5, 0.6) is 0 Å². The Hall–Kier alpha value is -1.78. The van der Waals surface area contributed by atoms with Crippen LogP contribution < -0.4 is 0 Å². The highest BCUT2D eigenvalue weighted by Gasteiger charge is 2.30. The summed E-state index contributed by atoms with van der Waals surface area (Å²) >= 11 is 0. The SMILES string of the molecule is COC(=O)[C@@H]1CCC[C@@H](OC(=O)c2ccoc2)C1. The molecule has 0 amide bonds. The summed E-state index contributed by atoms with van der Waals surface area (Å²) in [6.45, 7) is 0. The molecule has 0 spiro atoms. The second-order valence-corrected chi connectivity index (χ2v) is 4.43. The highest BCUT2D eigenvalue weighted by molar-refractivity contribution is 5.89. The van der Waals surface area contributed by atoms with Crippen molar-refractivity contribution >= 4 is 11.9 Å². The molecule has 1 saturated carbocycles. The zero-order chi connectivity index (χ0) is 13.0. The van der Waals surface area contributed by atoms with Gasteiger partial charge in [0.05, 0.1) is 24.9 Å². The normalized spacial score (nSPS) is 23.4. The number of methoxy groups -OCH3 is 1. The van der Waals surface area contributed by atoms with Gasteiger partial charge >= 0.3 is 11.9 Å². The lowest BCUT2D eigenvalue weighted by atomic mass is 9.87. The van der Waals surface area contributed by atoms with Gasteiger partial charge < -0.3 is 13.9 Å². The first kappa shape index (κ1) is 12.7. The molecule has 0 saturated heterocycles. The second-order valence-electron chi connectivity index (χ2n) is 4.43. The van der Waals surface area contributed by atoms with Crippen LogP contribution >= 0.6 is 0 Å². The lowest BCUT2D eigenvalue weighted by molar-refractivity contribution is -0.148. The molecule has 2 rings (SSSR count). The standard InChI is InChI=1S/C13H16O5/c1-16-12(14)9-3-2-4-11(7-9)18-13(15)10-5-6-17-8-10/h5-6,8-9,11H,2-4,7H2,1H3/t9-,11-/m1/s1. The first-order valence-corrected chi connectivity index (χ1v) is 6.01. The summed E-state index contributed by atoms with van der Waals surface area (Å²) in [4.78, 5) is 23.2. The van der Waals surface area contributed by atoms with Crippen LogP contribution in [-0.4, -0.2) is 25.2 Å². The van der Waals surface area contributed by atoms with Crippen molar-refractivity contribution in [3.05, 3.63) is 24.2 Å². The molecule has 1 aromatic rings. The van der Waals surface area contributed by atoms with Crippen molar-refractivity contribution in [3.63, 3.8) is 0 Å². The summed E-state index contributed by atoms with van der Waals surface area (Å²) in [5, 5.41) is 0. The Labute approximate surface area is 105 Å². The number of carbonyl (C=O) groups is 2. The van der Waals surface area contributed by atoms with Gasteiger partial charge in [0.1, 0.15) is 12.4 Å². The molecule has 1 fully saturated rings. The average Bonchev–Trinajstić information content (AvgIpc) is 2.92. The Balaban J connectivity index is 1.90. The average molecular weight is 252 g/mol. The molecule has 0 aromatic carbocycles. The van der Waals surface area contributed by atoms with E-state index in [9.17, 15) is 9.59 Å². The molecule has 5 heteroatoms. The molecule has 2 atom stereocenters. The van der Waals surface area contributed by atoms with E-state index in [0.717, 1.165) is 19.3 Å². The van der Waals surface area contributed by atoms with Gasteiger partial charge in [0.25, 0.3) is 0 Å². The summed E-state index contributed by atoms with van der Waals surface area (Å²) in [6, 6.07) is 1.56. The van der Waals surface area contributed by atoms with Gasteiger partial charge in [-0.15, -0.1) is 0 Å². The third kappa shape index (κ3) is 2.91. The molecule has 0 aliphatic heterocycles.